The van der Waals surface area contributed by atoms with E-state index in [1.165, 1.54) is 141 Å². The van der Waals surface area contributed by atoms with Crippen LogP contribution in [-0.2, 0) is 9.59 Å². The van der Waals surface area contributed by atoms with Crippen molar-refractivity contribution in [1.82, 2.24) is 0 Å². The third kappa shape index (κ3) is 29.0. The minimum atomic E-state index is -0.116. The predicted octanol–water partition coefficient (Wildman–Crippen LogP) is 11.7. The van der Waals surface area contributed by atoms with Crippen LogP contribution in [0.25, 0.3) is 0 Å². The summed E-state index contributed by atoms with van der Waals surface area (Å²) in [6, 6.07) is 0. The average Bonchev–Trinajstić information content (AvgIpc) is 2.97. The topological polar surface area (TPSA) is 86.2 Å². The van der Waals surface area contributed by atoms with E-state index in [4.69, 9.17) is 11.5 Å². The average molecular weight is 593 g/mol. The van der Waals surface area contributed by atoms with Crippen LogP contribution in [0.3, 0.4) is 0 Å². The Bertz CT molecular complexity index is 529. The number of hydrogen-bond acceptors (Lipinski definition) is 2. The maximum atomic E-state index is 11.9. The number of nitrogens with two attached hydrogens (primary N) is 2. The number of primary amides is 2. The molecule has 0 saturated heterocycles. The highest BCUT2D eigenvalue weighted by Crippen LogP contribution is 2.22. The first kappa shape index (κ1) is 40.9. The van der Waals surface area contributed by atoms with Gasteiger partial charge >= 0.3 is 0 Å². The number of carbonyl (C=O) groups excluding carboxylic acids is 2. The molecule has 250 valence electrons. The van der Waals surface area contributed by atoms with Crippen LogP contribution in [0.2, 0.25) is 0 Å². The van der Waals surface area contributed by atoms with Crippen LogP contribution < -0.4 is 11.5 Å². The van der Waals surface area contributed by atoms with Gasteiger partial charge in [0.1, 0.15) is 0 Å². The summed E-state index contributed by atoms with van der Waals surface area (Å²) in [4.78, 5) is 23.9. The van der Waals surface area contributed by atoms with Crippen LogP contribution in [0.1, 0.15) is 219 Å². The molecule has 0 aliphatic carbocycles. The number of carbonyl (C=O) groups is 2. The smallest absolute Gasteiger partial charge is 0.220 e. The molecule has 42 heavy (non-hydrogen) atoms. The van der Waals surface area contributed by atoms with Gasteiger partial charge in [-0.3, -0.25) is 9.59 Å². The van der Waals surface area contributed by atoms with Gasteiger partial charge in [0.25, 0.3) is 0 Å². The number of amides is 2. The molecule has 0 aliphatic heterocycles. The van der Waals surface area contributed by atoms with E-state index >= 15 is 0 Å². The zero-order chi connectivity index (χ0) is 30.9. The fourth-order valence-corrected chi connectivity index (χ4v) is 6.46. The fourth-order valence-electron chi connectivity index (χ4n) is 6.46. The second kappa shape index (κ2) is 32.8. The largest absolute Gasteiger partial charge is 0.369 e. The zero-order valence-electron chi connectivity index (χ0n) is 28.8. The molecule has 2 atom stereocenters. The van der Waals surface area contributed by atoms with Crippen molar-refractivity contribution in [3.8, 4) is 0 Å². The molecular formula is C38H76N2O2. The summed E-state index contributed by atoms with van der Waals surface area (Å²) in [7, 11) is 0. The van der Waals surface area contributed by atoms with Gasteiger partial charge in [0.15, 0.2) is 0 Å². The Hall–Kier alpha value is -1.06. The van der Waals surface area contributed by atoms with Crippen molar-refractivity contribution in [2.45, 2.75) is 219 Å². The SMILES string of the molecule is CCCCCCCCCCCCCCC(CCCCCCC(CCCCCCCCCCCCCC)C(N)=O)C(N)=O. The van der Waals surface area contributed by atoms with Crippen LogP contribution in [0.4, 0.5) is 0 Å². The quantitative estimate of drug-likeness (QED) is 0.0717. The van der Waals surface area contributed by atoms with Gasteiger partial charge in [0, 0.05) is 11.8 Å². The van der Waals surface area contributed by atoms with Crippen LogP contribution >= 0.6 is 0 Å². The lowest BCUT2D eigenvalue weighted by atomic mass is 9.92. The molecule has 0 spiro atoms. The van der Waals surface area contributed by atoms with E-state index in [-0.39, 0.29) is 23.7 Å². The molecule has 0 saturated carbocycles. The van der Waals surface area contributed by atoms with Crippen LogP contribution in [0.5, 0.6) is 0 Å². The van der Waals surface area contributed by atoms with Crippen molar-refractivity contribution in [2.75, 3.05) is 0 Å². The highest BCUT2D eigenvalue weighted by molar-refractivity contribution is 5.76. The van der Waals surface area contributed by atoms with E-state index in [2.05, 4.69) is 13.8 Å². The van der Waals surface area contributed by atoms with Gasteiger partial charge in [0.2, 0.25) is 11.8 Å². The van der Waals surface area contributed by atoms with Gasteiger partial charge < -0.3 is 11.5 Å². The molecule has 4 N–H and O–H groups in total. The summed E-state index contributed by atoms with van der Waals surface area (Å²) in [5.74, 6) is -0.155. The minimum absolute atomic E-state index is 0.0392. The first-order chi connectivity index (χ1) is 20.5. The Morgan fingerprint density at radius 2 is 0.500 bits per heavy atom. The lowest BCUT2D eigenvalue weighted by Crippen LogP contribution is -2.23. The first-order valence-corrected chi connectivity index (χ1v) is 19.1. The van der Waals surface area contributed by atoms with E-state index < -0.39 is 0 Å². The molecule has 0 heterocycles. The van der Waals surface area contributed by atoms with E-state index in [0.29, 0.717) is 0 Å². The zero-order valence-corrected chi connectivity index (χ0v) is 28.8. The molecule has 0 aromatic rings. The molecule has 0 rings (SSSR count). The van der Waals surface area contributed by atoms with Gasteiger partial charge in [-0.25, -0.2) is 0 Å². The predicted molar refractivity (Wildman–Crippen MR) is 184 cm³/mol. The van der Waals surface area contributed by atoms with Crippen molar-refractivity contribution in [2.24, 2.45) is 23.3 Å². The van der Waals surface area contributed by atoms with Crippen molar-refractivity contribution in [3.05, 3.63) is 0 Å². The summed E-state index contributed by atoms with van der Waals surface area (Å²) in [6.45, 7) is 4.55. The molecule has 0 aliphatic rings. The van der Waals surface area contributed by atoms with Gasteiger partial charge in [-0.15, -0.1) is 0 Å². The van der Waals surface area contributed by atoms with E-state index in [1.807, 2.05) is 0 Å². The monoisotopic (exact) mass is 593 g/mol. The second-order valence-corrected chi connectivity index (χ2v) is 13.5. The molecule has 0 aromatic carbocycles. The standard InChI is InChI=1S/C38H76N2O2/c1-3-5-7-9-11-13-15-17-19-21-23-27-31-35(37(39)41)33-29-25-26-30-34-36(38(40)42)32-28-24-22-20-18-16-14-12-10-8-6-4-2/h35-36H,3-34H2,1-2H3,(H2,39,41)(H2,40,42). The number of hydrogen-bond donors (Lipinski definition) is 2. The molecule has 4 nitrogen and oxygen atoms in total. The molecule has 0 bridgehead atoms. The lowest BCUT2D eigenvalue weighted by Gasteiger charge is -2.14. The van der Waals surface area contributed by atoms with Crippen LogP contribution in [-0.4, -0.2) is 11.8 Å². The van der Waals surface area contributed by atoms with E-state index in [9.17, 15) is 9.59 Å². The van der Waals surface area contributed by atoms with Gasteiger partial charge in [-0.1, -0.05) is 194 Å². The Morgan fingerprint density at radius 1 is 0.333 bits per heavy atom. The fraction of sp³-hybridized carbons (Fsp3) is 0.947. The molecular weight excluding hydrogens is 516 g/mol. The Morgan fingerprint density at radius 3 is 0.667 bits per heavy atom. The lowest BCUT2D eigenvalue weighted by molar-refractivity contribution is -0.123. The van der Waals surface area contributed by atoms with Crippen molar-refractivity contribution < 1.29 is 9.59 Å². The molecule has 0 fully saturated rings. The van der Waals surface area contributed by atoms with Crippen molar-refractivity contribution in [3.63, 3.8) is 0 Å². The molecule has 2 amide bonds. The summed E-state index contributed by atoms with van der Waals surface area (Å²) in [5.41, 5.74) is 11.4. The highest BCUT2D eigenvalue weighted by Gasteiger charge is 2.16. The van der Waals surface area contributed by atoms with Crippen LogP contribution in [0.15, 0.2) is 0 Å². The Balaban J connectivity index is 3.70. The molecule has 0 radical (unpaired) electrons. The van der Waals surface area contributed by atoms with Crippen molar-refractivity contribution in [1.29, 1.82) is 0 Å². The van der Waals surface area contributed by atoms with Gasteiger partial charge in [-0.05, 0) is 25.7 Å². The molecule has 4 heteroatoms. The maximum absolute atomic E-state index is 11.9. The third-order valence-electron chi connectivity index (χ3n) is 9.47. The van der Waals surface area contributed by atoms with Gasteiger partial charge in [0.05, 0.1) is 0 Å². The summed E-state index contributed by atoms with van der Waals surface area (Å²) in [5, 5.41) is 0. The van der Waals surface area contributed by atoms with Crippen LogP contribution in [0, 0.1) is 11.8 Å². The Labute approximate surface area is 263 Å². The first-order valence-electron chi connectivity index (χ1n) is 19.1. The highest BCUT2D eigenvalue weighted by atomic mass is 16.1. The normalized spacial score (nSPS) is 12.9. The van der Waals surface area contributed by atoms with E-state index in [0.717, 1.165) is 64.2 Å². The minimum Gasteiger partial charge on any atom is -0.369 e. The number of rotatable bonds is 35. The molecule has 0 aromatic heterocycles. The second-order valence-electron chi connectivity index (χ2n) is 13.5. The third-order valence-corrected chi connectivity index (χ3v) is 9.47. The summed E-state index contributed by atoms with van der Waals surface area (Å²) >= 11 is 0. The number of unbranched alkanes of at least 4 members (excludes halogenated alkanes) is 25. The Kier molecular flexibility index (Phi) is 32.0. The van der Waals surface area contributed by atoms with Crippen molar-refractivity contribution >= 4 is 11.8 Å². The van der Waals surface area contributed by atoms with Gasteiger partial charge in [-0.2, -0.15) is 0 Å². The maximum Gasteiger partial charge on any atom is 0.220 e. The summed E-state index contributed by atoms with van der Waals surface area (Å²) in [6.07, 6.45) is 40.3. The summed E-state index contributed by atoms with van der Waals surface area (Å²) < 4.78 is 0. The van der Waals surface area contributed by atoms with E-state index in [1.54, 1.807) is 0 Å². The molecule has 2 unspecified atom stereocenters.